The molecule has 0 radical (unpaired) electrons. The second-order valence-electron chi connectivity index (χ2n) is 5.16. The maximum Gasteiger partial charge on any atom is 0.414 e. The van der Waals surface area contributed by atoms with Gasteiger partial charge in [-0.25, -0.2) is 14.8 Å². The number of halogens is 1. The van der Waals surface area contributed by atoms with Gasteiger partial charge in [-0.3, -0.25) is 5.32 Å². The molecule has 1 aliphatic rings. The van der Waals surface area contributed by atoms with E-state index in [1.165, 1.54) is 0 Å². The third-order valence-corrected chi connectivity index (χ3v) is 3.87. The van der Waals surface area contributed by atoms with Crippen LogP contribution in [0.1, 0.15) is 29.7 Å². The van der Waals surface area contributed by atoms with E-state index in [4.69, 9.17) is 16.3 Å². The second kappa shape index (κ2) is 6.75. The molecule has 0 atom stereocenters. The van der Waals surface area contributed by atoms with E-state index in [0.717, 1.165) is 42.5 Å². The Morgan fingerprint density at radius 3 is 2.77 bits per heavy atom. The number of ether oxygens (including phenoxy) is 1. The minimum Gasteiger partial charge on any atom is -0.444 e. The van der Waals surface area contributed by atoms with E-state index < -0.39 is 6.09 Å². The van der Waals surface area contributed by atoms with E-state index >= 15 is 0 Å². The normalized spacial score (nSPS) is 13.3. The average molecular weight is 318 g/mol. The number of carbonyl (C=O) groups is 1. The number of aryl methyl sites for hydroxylation is 1. The molecule has 1 amide bonds. The highest BCUT2D eigenvalue weighted by atomic mass is 35.5. The molecule has 0 bridgehead atoms. The van der Waals surface area contributed by atoms with Crippen molar-refractivity contribution in [1.29, 1.82) is 0 Å². The SMILES string of the molecule is O=C(Nc1nc(Cl)c2c(n1)CCCC2)OCc1ccccc1. The third kappa shape index (κ3) is 3.54. The van der Waals surface area contributed by atoms with Crippen LogP contribution in [0.15, 0.2) is 30.3 Å². The van der Waals surface area contributed by atoms with Crippen molar-refractivity contribution in [2.24, 2.45) is 0 Å². The zero-order valence-electron chi connectivity index (χ0n) is 12.0. The highest BCUT2D eigenvalue weighted by molar-refractivity contribution is 6.30. The molecule has 1 aromatic carbocycles. The Balaban J connectivity index is 1.63. The summed E-state index contributed by atoms with van der Waals surface area (Å²) >= 11 is 6.16. The number of nitrogens with zero attached hydrogens (tertiary/aromatic N) is 2. The molecule has 6 heteroatoms. The van der Waals surface area contributed by atoms with Gasteiger partial charge < -0.3 is 4.74 Å². The lowest BCUT2D eigenvalue weighted by molar-refractivity contribution is 0.155. The molecule has 3 rings (SSSR count). The molecule has 0 unspecified atom stereocenters. The summed E-state index contributed by atoms with van der Waals surface area (Å²) in [5.41, 5.74) is 2.84. The highest BCUT2D eigenvalue weighted by Crippen LogP contribution is 2.26. The number of nitrogens with one attached hydrogen (secondary N) is 1. The fraction of sp³-hybridized carbons (Fsp3) is 0.312. The highest BCUT2D eigenvalue weighted by Gasteiger charge is 2.17. The lowest BCUT2D eigenvalue weighted by Gasteiger charge is -2.16. The van der Waals surface area contributed by atoms with Crippen LogP contribution in [-0.2, 0) is 24.2 Å². The zero-order valence-corrected chi connectivity index (χ0v) is 12.8. The molecule has 1 heterocycles. The Kier molecular flexibility index (Phi) is 4.53. The van der Waals surface area contributed by atoms with Gasteiger partial charge in [0, 0.05) is 5.56 Å². The van der Waals surface area contributed by atoms with Crippen molar-refractivity contribution in [3.8, 4) is 0 Å². The average Bonchev–Trinajstić information content (AvgIpc) is 2.54. The van der Waals surface area contributed by atoms with Gasteiger partial charge >= 0.3 is 6.09 Å². The molecule has 0 fully saturated rings. The number of carbonyl (C=O) groups excluding carboxylic acids is 1. The number of rotatable bonds is 3. The second-order valence-corrected chi connectivity index (χ2v) is 5.52. The number of hydrogen-bond donors (Lipinski definition) is 1. The van der Waals surface area contributed by atoms with E-state index in [1.807, 2.05) is 30.3 Å². The number of fused-ring (bicyclic) bond motifs is 1. The molecule has 2 aromatic rings. The van der Waals surface area contributed by atoms with Crippen molar-refractivity contribution in [2.75, 3.05) is 5.32 Å². The standard InChI is InChI=1S/C16H16ClN3O2/c17-14-12-8-4-5-9-13(12)18-15(19-14)20-16(21)22-10-11-6-2-1-3-7-11/h1-3,6-7H,4-5,8-10H2,(H,18,19,20,21). The molecule has 1 aliphatic carbocycles. The number of aromatic nitrogens is 2. The Bertz CT molecular complexity index is 677. The molecule has 0 spiro atoms. The van der Waals surface area contributed by atoms with Crippen LogP contribution in [0, 0.1) is 0 Å². The minimum atomic E-state index is -0.587. The van der Waals surface area contributed by atoms with Crippen LogP contribution in [0.5, 0.6) is 0 Å². The molecular weight excluding hydrogens is 302 g/mol. The monoisotopic (exact) mass is 317 g/mol. The van der Waals surface area contributed by atoms with Gasteiger partial charge in [0.1, 0.15) is 11.8 Å². The van der Waals surface area contributed by atoms with Crippen molar-refractivity contribution >= 4 is 23.6 Å². The first kappa shape index (κ1) is 14.8. The van der Waals surface area contributed by atoms with Gasteiger partial charge in [0.25, 0.3) is 0 Å². The van der Waals surface area contributed by atoms with Crippen LogP contribution < -0.4 is 5.32 Å². The Hall–Kier alpha value is -2.14. The molecule has 0 aliphatic heterocycles. The smallest absolute Gasteiger partial charge is 0.414 e. The zero-order chi connectivity index (χ0) is 15.4. The van der Waals surface area contributed by atoms with Crippen molar-refractivity contribution < 1.29 is 9.53 Å². The summed E-state index contributed by atoms with van der Waals surface area (Å²) in [4.78, 5) is 20.3. The van der Waals surface area contributed by atoms with Gasteiger partial charge in [-0.1, -0.05) is 41.9 Å². The number of anilines is 1. The van der Waals surface area contributed by atoms with Crippen LogP contribution in [0.2, 0.25) is 5.15 Å². The van der Waals surface area contributed by atoms with Gasteiger partial charge in [-0.05, 0) is 31.2 Å². The molecule has 0 saturated heterocycles. The van der Waals surface area contributed by atoms with Crippen molar-refractivity contribution in [3.05, 3.63) is 52.3 Å². The summed E-state index contributed by atoms with van der Waals surface area (Å²) in [7, 11) is 0. The van der Waals surface area contributed by atoms with Gasteiger partial charge in [-0.15, -0.1) is 0 Å². The topological polar surface area (TPSA) is 64.1 Å². The summed E-state index contributed by atoms with van der Waals surface area (Å²) in [6, 6.07) is 9.47. The van der Waals surface area contributed by atoms with Crippen molar-refractivity contribution in [2.45, 2.75) is 32.3 Å². The van der Waals surface area contributed by atoms with Gasteiger partial charge in [0.05, 0.1) is 5.69 Å². The first-order valence-electron chi connectivity index (χ1n) is 7.25. The predicted molar refractivity (Wildman–Crippen MR) is 83.9 cm³/mol. The molecule has 5 nitrogen and oxygen atoms in total. The lowest BCUT2D eigenvalue weighted by atomic mass is 9.97. The van der Waals surface area contributed by atoms with Crippen LogP contribution in [-0.4, -0.2) is 16.1 Å². The van der Waals surface area contributed by atoms with Gasteiger partial charge in [0.2, 0.25) is 5.95 Å². The summed E-state index contributed by atoms with van der Waals surface area (Å²) in [6.45, 7) is 0.200. The Morgan fingerprint density at radius 2 is 1.95 bits per heavy atom. The van der Waals surface area contributed by atoms with E-state index in [-0.39, 0.29) is 12.6 Å². The first-order valence-corrected chi connectivity index (χ1v) is 7.63. The molecule has 114 valence electrons. The molecular formula is C16H16ClN3O2. The fourth-order valence-electron chi connectivity index (χ4n) is 2.45. The quantitative estimate of drug-likeness (QED) is 0.875. The van der Waals surface area contributed by atoms with Gasteiger partial charge in [0.15, 0.2) is 0 Å². The largest absolute Gasteiger partial charge is 0.444 e. The van der Waals surface area contributed by atoms with E-state index in [9.17, 15) is 4.79 Å². The van der Waals surface area contributed by atoms with Gasteiger partial charge in [-0.2, -0.15) is 0 Å². The third-order valence-electron chi connectivity index (χ3n) is 3.56. The predicted octanol–water partition coefficient (Wildman–Crippen LogP) is 3.76. The fourth-order valence-corrected chi connectivity index (χ4v) is 2.74. The summed E-state index contributed by atoms with van der Waals surface area (Å²) < 4.78 is 5.14. The number of hydrogen-bond acceptors (Lipinski definition) is 4. The Labute approximate surface area is 133 Å². The van der Waals surface area contributed by atoms with Crippen molar-refractivity contribution in [3.63, 3.8) is 0 Å². The maximum atomic E-state index is 11.8. The summed E-state index contributed by atoms with van der Waals surface area (Å²) in [5, 5.41) is 2.95. The minimum absolute atomic E-state index is 0.198. The van der Waals surface area contributed by atoms with Crippen LogP contribution >= 0.6 is 11.6 Å². The van der Waals surface area contributed by atoms with E-state index in [0.29, 0.717) is 5.15 Å². The molecule has 22 heavy (non-hydrogen) atoms. The molecule has 1 aromatic heterocycles. The van der Waals surface area contributed by atoms with Crippen LogP contribution in [0.4, 0.5) is 10.7 Å². The van der Waals surface area contributed by atoms with Crippen LogP contribution in [0.3, 0.4) is 0 Å². The Morgan fingerprint density at radius 1 is 1.18 bits per heavy atom. The van der Waals surface area contributed by atoms with Crippen LogP contribution in [0.25, 0.3) is 0 Å². The maximum absolute atomic E-state index is 11.8. The molecule has 0 saturated carbocycles. The number of benzene rings is 1. The lowest BCUT2D eigenvalue weighted by Crippen LogP contribution is -2.18. The summed E-state index contributed by atoms with van der Waals surface area (Å²) in [5.74, 6) is 0.198. The molecule has 1 N–H and O–H groups in total. The van der Waals surface area contributed by atoms with E-state index in [2.05, 4.69) is 15.3 Å². The first-order chi connectivity index (χ1) is 10.7. The van der Waals surface area contributed by atoms with E-state index in [1.54, 1.807) is 0 Å². The number of amides is 1. The van der Waals surface area contributed by atoms with Crippen molar-refractivity contribution in [1.82, 2.24) is 9.97 Å². The summed E-state index contributed by atoms with van der Waals surface area (Å²) in [6.07, 6.45) is 3.36.